The highest BCUT2D eigenvalue weighted by atomic mass is 16.6. The molecule has 1 heterocycles. The fourth-order valence-electron chi connectivity index (χ4n) is 4.12. The molecule has 1 aromatic rings. The molecule has 1 aliphatic carbocycles. The minimum Gasteiger partial charge on any atom is -0.463 e. The second kappa shape index (κ2) is 22.4. The van der Waals surface area contributed by atoms with Gasteiger partial charge in [-0.15, -0.1) is 0 Å². The van der Waals surface area contributed by atoms with Gasteiger partial charge in [0.2, 0.25) is 6.41 Å². The zero-order chi connectivity index (χ0) is 31.1. The molecule has 1 aliphatic heterocycles. The number of amides is 1. The van der Waals surface area contributed by atoms with Gasteiger partial charge in [0.1, 0.15) is 18.6 Å². The number of amidine groups is 1. The molecule has 41 heavy (non-hydrogen) atoms. The third-order valence-electron chi connectivity index (χ3n) is 6.26. The van der Waals surface area contributed by atoms with E-state index in [4.69, 9.17) is 15.2 Å². The lowest BCUT2D eigenvalue weighted by atomic mass is 9.89. The van der Waals surface area contributed by atoms with Crippen LogP contribution in [0, 0.1) is 5.92 Å². The fraction of sp³-hybridized carbons (Fsp3) is 0.567. The summed E-state index contributed by atoms with van der Waals surface area (Å²) in [6.45, 7) is 0.324. The van der Waals surface area contributed by atoms with Crippen LogP contribution in [0.1, 0.15) is 65.7 Å². The minimum atomic E-state index is -0.0711. The molecule has 0 bridgehead atoms. The van der Waals surface area contributed by atoms with Crippen molar-refractivity contribution in [2.24, 2.45) is 16.6 Å². The maximum atomic E-state index is 12.1. The molecular formula is C30H48N3O8+. The summed E-state index contributed by atoms with van der Waals surface area (Å²) in [5.41, 5.74) is 6.48. The molecule has 11 nitrogen and oxygen atoms in total. The first kappa shape index (κ1) is 37.8. The fourth-order valence-corrected chi connectivity index (χ4v) is 4.12. The van der Waals surface area contributed by atoms with Crippen LogP contribution in [0.4, 0.5) is 0 Å². The van der Waals surface area contributed by atoms with E-state index >= 15 is 0 Å². The van der Waals surface area contributed by atoms with Crippen molar-refractivity contribution >= 4 is 30.8 Å². The van der Waals surface area contributed by atoms with Crippen LogP contribution < -0.4 is 5.73 Å². The van der Waals surface area contributed by atoms with Crippen LogP contribution in [0.5, 0.6) is 0 Å². The van der Waals surface area contributed by atoms with Gasteiger partial charge < -0.3 is 24.7 Å². The quantitative estimate of drug-likeness (QED) is 0.153. The Hall–Kier alpha value is -3.25. The van der Waals surface area contributed by atoms with Gasteiger partial charge in [0, 0.05) is 52.1 Å². The van der Waals surface area contributed by atoms with E-state index in [1.165, 1.54) is 6.42 Å². The SMILES string of the molecule is COC.COC.C[N+](C)(/C=C\C(N)=NC=O)C1CCC(COC(=O)C2CCCCC2)O1.O=Cc1ccccc1C=O. The Morgan fingerprint density at radius 1 is 0.951 bits per heavy atom. The standard InChI is InChI=1S/C18H29N3O4.C8H6O2.2C2H6O/c1-21(2,11-10-16(19)20-13-22)17-9-8-15(25-17)12-24-18(23)14-6-4-3-5-7-14;9-5-7-3-1-2-4-8(7)6-10;2*1-3-2/h10-11,13-15,17H,3-9,12H2,1-2H3,(H-,19,20,22);1-6H;2*1-2H3/p+1/b11-10-;;;. The largest absolute Gasteiger partial charge is 0.463 e. The molecule has 2 aliphatic rings. The molecule has 11 heteroatoms. The number of carbonyl (C=O) groups excluding carboxylic acids is 4. The Morgan fingerprint density at radius 3 is 1.98 bits per heavy atom. The molecule has 2 unspecified atom stereocenters. The number of aldehydes is 2. The normalized spacial score (nSPS) is 18.9. The van der Waals surface area contributed by atoms with Gasteiger partial charge in [0.15, 0.2) is 18.8 Å². The maximum absolute atomic E-state index is 12.1. The molecule has 230 valence electrons. The van der Waals surface area contributed by atoms with Gasteiger partial charge in [-0.3, -0.25) is 23.7 Å². The van der Waals surface area contributed by atoms with Crippen molar-refractivity contribution in [2.45, 2.75) is 57.3 Å². The van der Waals surface area contributed by atoms with Gasteiger partial charge in [-0.2, -0.15) is 4.99 Å². The second-order valence-electron chi connectivity index (χ2n) is 10.0. The third-order valence-corrected chi connectivity index (χ3v) is 6.26. The summed E-state index contributed by atoms with van der Waals surface area (Å²) < 4.78 is 20.5. The summed E-state index contributed by atoms with van der Waals surface area (Å²) in [5, 5.41) is 0. The number of hydrogen-bond donors (Lipinski definition) is 1. The Bertz CT molecular complexity index is 930. The van der Waals surface area contributed by atoms with E-state index in [2.05, 4.69) is 14.5 Å². The Labute approximate surface area is 244 Å². The Morgan fingerprint density at radius 2 is 1.49 bits per heavy atom. The molecule has 1 amide bonds. The smallest absolute Gasteiger partial charge is 0.309 e. The highest BCUT2D eigenvalue weighted by Crippen LogP contribution is 2.28. The molecule has 1 saturated carbocycles. The number of rotatable bonds is 9. The average Bonchev–Trinajstić information content (AvgIpc) is 3.47. The second-order valence-corrected chi connectivity index (χ2v) is 10.0. The summed E-state index contributed by atoms with van der Waals surface area (Å²) >= 11 is 0. The zero-order valence-corrected chi connectivity index (χ0v) is 25.3. The van der Waals surface area contributed by atoms with Crippen LogP contribution in [0.25, 0.3) is 0 Å². The Balaban J connectivity index is 0.000000821. The first-order valence-corrected chi connectivity index (χ1v) is 13.5. The monoisotopic (exact) mass is 578 g/mol. The van der Waals surface area contributed by atoms with Crippen molar-refractivity contribution in [3.8, 4) is 0 Å². The molecule has 2 N–H and O–H groups in total. The number of quaternary nitrogens is 1. The van der Waals surface area contributed by atoms with Gasteiger partial charge in [-0.25, -0.2) is 0 Å². The van der Waals surface area contributed by atoms with Crippen molar-refractivity contribution in [3.05, 3.63) is 47.7 Å². The van der Waals surface area contributed by atoms with Crippen molar-refractivity contribution in [3.63, 3.8) is 0 Å². The number of ether oxygens (including phenoxy) is 4. The van der Waals surface area contributed by atoms with E-state index < -0.39 is 0 Å². The van der Waals surface area contributed by atoms with Crippen molar-refractivity contribution in [1.82, 2.24) is 0 Å². The number of benzene rings is 1. The van der Waals surface area contributed by atoms with E-state index in [1.807, 2.05) is 20.3 Å². The van der Waals surface area contributed by atoms with Gasteiger partial charge in [-0.1, -0.05) is 43.5 Å². The van der Waals surface area contributed by atoms with Crippen LogP contribution in [0.15, 0.2) is 41.5 Å². The number of methoxy groups -OCH3 is 2. The molecule has 0 spiro atoms. The lowest BCUT2D eigenvalue weighted by Crippen LogP contribution is -2.44. The Kier molecular flexibility index (Phi) is 20.7. The summed E-state index contributed by atoms with van der Waals surface area (Å²) in [4.78, 5) is 46.4. The van der Waals surface area contributed by atoms with Crippen LogP contribution in [-0.2, 0) is 28.5 Å². The van der Waals surface area contributed by atoms with E-state index in [9.17, 15) is 19.2 Å². The number of carbonyl (C=O) groups is 4. The molecule has 3 rings (SSSR count). The predicted octanol–water partition coefficient (Wildman–Crippen LogP) is 3.56. The molecule has 1 aromatic carbocycles. The molecule has 2 fully saturated rings. The summed E-state index contributed by atoms with van der Waals surface area (Å²) in [5.74, 6) is 0.164. The third kappa shape index (κ3) is 15.9. The van der Waals surface area contributed by atoms with Crippen LogP contribution in [0.3, 0.4) is 0 Å². The van der Waals surface area contributed by atoms with Crippen LogP contribution in [-0.4, -0.2) is 96.7 Å². The maximum Gasteiger partial charge on any atom is 0.309 e. The molecule has 0 radical (unpaired) electrons. The number of nitrogens with two attached hydrogens (primary N) is 1. The highest BCUT2D eigenvalue weighted by molar-refractivity contribution is 5.95. The van der Waals surface area contributed by atoms with E-state index in [-0.39, 0.29) is 30.1 Å². The van der Waals surface area contributed by atoms with Crippen molar-refractivity contribution < 1.29 is 42.6 Å². The lowest BCUT2D eigenvalue weighted by molar-refractivity contribution is -0.889. The number of aliphatic imine (C=N–C) groups is 1. The predicted molar refractivity (Wildman–Crippen MR) is 157 cm³/mol. The first-order chi connectivity index (χ1) is 19.6. The van der Waals surface area contributed by atoms with Crippen molar-refractivity contribution in [1.29, 1.82) is 0 Å². The number of nitrogens with zero attached hydrogens (tertiary/aromatic N) is 2. The zero-order valence-electron chi connectivity index (χ0n) is 25.3. The molecule has 0 aromatic heterocycles. The lowest BCUT2D eigenvalue weighted by Gasteiger charge is -2.31. The van der Waals surface area contributed by atoms with Crippen molar-refractivity contribution in [2.75, 3.05) is 49.1 Å². The molecular weight excluding hydrogens is 530 g/mol. The van der Waals surface area contributed by atoms with Gasteiger partial charge in [-0.05, 0) is 19.3 Å². The summed E-state index contributed by atoms with van der Waals surface area (Å²) in [7, 11) is 10.5. The molecule has 2 atom stereocenters. The topological polar surface area (TPSA) is 144 Å². The van der Waals surface area contributed by atoms with E-state index in [0.717, 1.165) is 38.5 Å². The van der Waals surface area contributed by atoms with Gasteiger partial charge >= 0.3 is 5.97 Å². The first-order valence-electron chi connectivity index (χ1n) is 13.5. The number of hydrogen-bond acceptors (Lipinski definition) is 8. The van der Waals surface area contributed by atoms with E-state index in [0.29, 0.717) is 41.2 Å². The highest BCUT2D eigenvalue weighted by Gasteiger charge is 2.37. The van der Waals surface area contributed by atoms with Gasteiger partial charge in [0.05, 0.1) is 26.1 Å². The van der Waals surface area contributed by atoms with Crippen LogP contribution >= 0.6 is 0 Å². The van der Waals surface area contributed by atoms with Gasteiger partial charge in [0.25, 0.3) is 0 Å². The summed E-state index contributed by atoms with van der Waals surface area (Å²) in [6, 6.07) is 6.65. The van der Waals surface area contributed by atoms with Crippen LogP contribution in [0.2, 0.25) is 0 Å². The van der Waals surface area contributed by atoms with E-state index in [1.54, 1.807) is 58.8 Å². The number of esters is 1. The minimum absolute atomic E-state index is 0.0429. The average molecular weight is 579 g/mol. The summed E-state index contributed by atoms with van der Waals surface area (Å²) in [6.07, 6.45) is 12.2. The molecule has 1 saturated heterocycles.